The molecule has 186 valence electrons. The molecule has 0 bridgehead atoms. The van der Waals surface area contributed by atoms with Gasteiger partial charge in [-0.2, -0.15) is 0 Å². The first kappa shape index (κ1) is 24.3. The Labute approximate surface area is 213 Å². The highest BCUT2D eigenvalue weighted by atomic mass is 35.5. The highest BCUT2D eigenvalue weighted by molar-refractivity contribution is 7.88. The van der Waals surface area contributed by atoms with Crippen LogP contribution in [0.3, 0.4) is 0 Å². The molecule has 8 heteroatoms. The summed E-state index contributed by atoms with van der Waals surface area (Å²) in [6, 6.07) is 6.27. The Morgan fingerprint density at radius 3 is 2.71 bits per heavy atom. The molecule has 1 aromatic carbocycles. The van der Waals surface area contributed by atoms with Crippen molar-refractivity contribution in [2.45, 2.75) is 38.0 Å². The van der Waals surface area contributed by atoms with Gasteiger partial charge in [-0.25, -0.2) is 17.7 Å². The lowest BCUT2D eigenvalue weighted by Crippen LogP contribution is -2.40. The third-order valence-corrected chi connectivity index (χ3v) is 9.13. The maximum Gasteiger partial charge on any atom is 0.211 e. The second-order valence-electron chi connectivity index (χ2n) is 9.93. The number of nitrogens with one attached hydrogen (secondary N) is 1. The number of fused-ring (bicyclic) bond motifs is 1. The van der Waals surface area contributed by atoms with Crippen LogP contribution in [0.15, 0.2) is 59.7 Å². The minimum Gasteiger partial charge on any atom is -0.373 e. The van der Waals surface area contributed by atoms with Crippen LogP contribution in [0, 0.1) is 5.92 Å². The van der Waals surface area contributed by atoms with E-state index in [1.165, 1.54) is 34.2 Å². The highest BCUT2D eigenvalue weighted by Gasteiger charge is 2.37. The first-order valence-electron chi connectivity index (χ1n) is 12.4. The van der Waals surface area contributed by atoms with Gasteiger partial charge in [0.15, 0.2) is 0 Å². The number of nitrogens with zero attached hydrogens (tertiary/aromatic N) is 3. The number of imidazole rings is 1. The molecule has 1 saturated heterocycles. The lowest BCUT2D eigenvalue weighted by atomic mass is 9.75. The van der Waals surface area contributed by atoms with Crippen molar-refractivity contribution in [1.82, 2.24) is 19.2 Å². The summed E-state index contributed by atoms with van der Waals surface area (Å²) >= 11 is 6.48. The van der Waals surface area contributed by atoms with Crippen LogP contribution in [0.4, 0.5) is 0 Å². The van der Waals surface area contributed by atoms with Crippen molar-refractivity contribution in [3.05, 3.63) is 81.6 Å². The van der Waals surface area contributed by atoms with Crippen molar-refractivity contribution in [3.8, 4) is 0 Å². The molecule has 1 aliphatic carbocycles. The minimum atomic E-state index is -3.16. The van der Waals surface area contributed by atoms with Gasteiger partial charge >= 0.3 is 0 Å². The lowest BCUT2D eigenvalue weighted by Gasteiger charge is -2.40. The van der Waals surface area contributed by atoms with Crippen LogP contribution < -0.4 is 0 Å². The molecule has 5 rings (SSSR count). The Kier molecular flexibility index (Phi) is 6.93. The van der Waals surface area contributed by atoms with Crippen LogP contribution >= 0.6 is 11.6 Å². The standard InChI is InChI=1S/C27H33ClN4O2S/c1-31-12-4-7-25-20(5-3-6-23-17-29-18-30-23)15-21-16-22(28)8-9-24(21)26(27(25)31)19-10-13-32(14-11-19)35(2,33)34/h4,7-9,15-19,26H,3,5-6,10-14H2,1-2H3,(H,29,30). The maximum absolute atomic E-state index is 12.1. The van der Waals surface area contributed by atoms with E-state index in [2.05, 4.69) is 52.3 Å². The minimum absolute atomic E-state index is 0.204. The molecule has 1 unspecified atom stereocenters. The van der Waals surface area contributed by atoms with E-state index in [0.29, 0.717) is 19.0 Å². The number of allylic oxidation sites excluding steroid dienone is 4. The topological polar surface area (TPSA) is 69.3 Å². The number of hydrogen-bond acceptors (Lipinski definition) is 4. The zero-order valence-corrected chi connectivity index (χ0v) is 21.9. The quantitative estimate of drug-likeness (QED) is 0.591. The fourth-order valence-corrected chi connectivity index (χ4v) is 6.93. The van der Waals surface area contributed by atoms with Crippen molar-refractivity contribution in [2.75, 3.05) is 32.9 Å². The second-order valence-corrected chi connectivity index (χ2v) is 12.4. The number of halogens is 1. The maximum atomic E-state index is 12.1. The van der Waals surface area contributed by atoms with Crippen LogP contribution in [-0.4, -0.2) is 60.5 Å². The molecule has 1 N–H and O–H groups in total. The Morgan fingerprint density at radius 2 is 2.00 bits per heavy atom. The van der Waals surface area contributed by atoms with Gasteiger partial charge in [0.05, 0.1) is 12.6 Å². The van der Waals surface area contributed by atoms with Crippen molar-refractivity contribution in [1.29, 1.82) is 0 Å². The average Bonchev–Trinajstić information content (AvgIpc) is 3.29. The van der Waals surface area contributed by atoms with E-state index in [0.717, 1.165) is 49.4 Å². The van der Waals surface area contributed by atoms with Crippen molar-refractivity contribution in [3.63, 3.8) is 0 Å². The molecule has 0 amide bonds. The predicted molar refractivity (Wildman–Crippen MR) is 142 cm³/mol. The molecule has 0 spiro atoms. The van der Waals surface area contributed by atoms with E-state index in [1.807, 2.05) is 12.3 Å². The number of hydrogen-bond donors (Lipinski definition) is 1. The van der Waals surface area contributed by atoms with Crippen LogP contribution in [0.25, 0.3) is 6.08 Å². The monoisotopic (exact) mass is 512 g/mol. The smallest absolute Gasteiger partial charge is 0.211 e. The SMILES string of the molecule is CN1CC=CC2=C1C(C1CCN(S(C)(=O)=O)CC1)c1ccc(Cl)cc1C=C2CCCc1cnc[nH]1. The lowest BCUT2D eigenvalue weighted by molar-refractivity contribution is 0.238. The summed E-state index contributed by atoms with van der Waals surface area (Å²) in [4.78, 5) is 9.74. The van der Waals surface area contributed by atoms with E-state index in [9.17, 15) is 8.42 Å². The van der Waals surface area contributed by atoms with E-state index >= 15 is 0 Å². The molecule has 0 radical (unpaired) electrons. The van der Waals surface area contributed by atoms with Crippen LogP contribution in [0.1, 0.15) is 48.4 Å². The van der Waals surface area contributed by atoms with Crippen molar-refractivity contribution >= 4 is 27.7 Å². The summed E-state index contributed by atoms with van der Waals surface area (Å²) in [6.07, 6.45) is 16.5. The Bertz CT molecular complexity index is 1270. The number of aromatic amines is 1. The number of aryl methyl sites for hydroxylation is 1. The highest BCUT2D eigenvalue weighted by Crippen LogP contribution is 2.47. The zero-order chi connectivity index (χ0) is 24.6. The molecule has 6 nitrogen and oxygen atoms in total. The third-order valence-electron chi connectivity index (χ3n) is 7.59. The molecular formula is C27H33ClN4O2S. The molecule has 1 aromatic heterocycles. The van der Waals surface area contributed by atoms with Gasteiger partial charge in [-0.1, -0.05) is 35.9 Å². The normalized spacial score (nSPS) is 21.5. The molecule has 2 aromatic rings. The van der Waals surface area contributed by atoms with E-state index in [1.54, 1.807) is 10.6 Å². The van der Waals surface area contributed by atoms with Gasteiger partial charge in [0.2, 0.25) is 10.0 Å². The summed E-state index contributed by atoms with van der Waals surface area (Å²) in [5, 5.41) is 0.742. The van der Waals surface area contributed by atoms with Gasteiger partial charge < -0.3 is 9.88 Å². The van der Waals surface area contributed by atoms with Crippen LogP contribution in [-0.2, 0) is 16.4 Å². The van der Waals surface area contributed by atoms with E-state index < -0.39 is 10.0 Å². The first-order chi connectivity index (χ1) is 16.8. The fourth-order valence-electron chi connectivity index (χ4n) is 5.88. The summed E-state index contributed by atoms with van der Waals surface area (Å²) in [7, 11) is -0.979. The number of sulfonamides is 1. The van der Waals surface area contributed by atoms with Gasteiger partial charge in [-0.15, -0.1) is 0 Å². The summed E-state index contributed by atoms with van der Waals surface area (Å²) in [5.41, 5.74) is 7.64. The number of aromatic nitrogens is 2. The predicted octanol–water partition coefficient (Wildman–Crippen LogP) is 4.99. The van der Waals surface area contributed by atoms with Crippen molar-refractivity contribution < 1.29 is 8.42 Å². The second kappa shape index (κ2) is 9.96. The molecule has 3 heterocycles. The van der Waals surface area contributed by atoms with Crippen LogP contribution in [0.5, 0.6) is 0 Å². The molecule has 2 aliphatic heterocycles. The summed E-state index contributed by atoms with van der Waals surface area (Å²) in [6.45, 7) is 2.03. The Hall–Kier alpha value is -2.35. The van der Waals surface area contributed by atoms with Crippen molar-refractivity contribution in [2.24, 2.45) is 5.92 Å². The molecule has 3 aliphatic rings. The molecule has 35 heavy (non-hydrogen) atoms. The largest absolute Gasteiger partial charge is 0.373 e. The number of piperidine rings is 1. The number of likely N-dealkylation sites (N-methyl/N-ethyl adjacent to an activating group) is 1. The third kappa shape index (κ3) is 5.13. The average molecular weight is 513 g/mol. The number of rotatable bonds is 6. The van der Waals surface area contributed by atoms with E-state index in [4.69, 9.17) is 11.6 Å². The van der Waals surface area contributed by atoms with Crippen LogP contribution in [0.2, 0.25) is 5.02 Å². The van der Waals surface area contributed by atoms with Gasteiger partial charge in [0, 0.05) is 55.2 Å². The fraction of sp³-hybridized carbons (Fsp3) is 0.444. The Balaban J connectivity index is 1.53. The molecule has 1 fully saturated rings. The molecular weight excluding hydrogens is 480 g/mol. The summed E-state index contributed by atoms with van der Waals surface area (Å²) < 4.78 is 25.9. The Morgan fingerprint density at radius 1 is 1.20 bits per heavy atom. The van der Waals surface area contributed by atoms with Gasteiger partial charge in [-0.05, 0) is 72.4 Å². The number of benzene rings is 1. The zero-order valence-electron chi connectivity index (χ0n) is 20.4. The molecule has 0 saturated carbocycles. The van der Waals surface area contributed by atoms with Gasteiger partial charge in [0.1, 0.15) is 0 Å². The summed E-state index contributed by atoms with van der Waals surface area (Å²) in [5.74, 6) is 0.569. The molecule has 1 atom stereocenters. The first-order valence-corrected chi connectivity index (χ1v) is 14.6. The number of H-pyrrole nitrogens is 1. The van der Waals surface area contributed by atoms with Gasteiger partial charge in [0.25, 0.3) is 0 Å². The van der Waals surface area contributed by atoms with E-state index in [-0.39, 0.29) is 5.92 Å². The van der Waals surface area contributed by atoms with Gasteiger partial charge in [-0.3, -0.25) is 0 Å².